The molecule has 5 nitrogen and oxygen atoms in total. The van der Waals surface area contributed by atoms with E-state index in [9.17, 15) is 4.79 Å². The molecule has 0 aliphatic carbocycles. The average molecular weight is 340 g/mol. The molecule has 2 fully saturated rings. The second kappa shape index (κ2) is 8.64. The molecule has 2 saturated heterocycles. The maximum atomic E-state index is 11.6. The fourth-order valence-corrected chi connectivity index (χ4v) is 3.41. The minimum absolute atomic E-state index is 0. The Morgan fingerprint density at radius 1 is 1.30 bits per heavy atom. The molecule has 0 amide bonds. The van der Waals surface area contributed by atoms with Gasteiger partial charge in [-0.1, -0.05) is 12.1 Å². The van der Waals surface area contributed by atoms with E-state index in [0.29, 0.717) is 5.56 Å². The molecule has 0 aromatic heterocycles. The minimum atomic E-state index is -0.264. The van der Waals surface area contributed by atoms with E-state index in [0.717, 1.165) is 51.9 Å². The van der Waals surface area contributed by atoms with Crippen LogP contribution in [0.15, 0.2) is 24.3 Å². The predicted molar refractivity (Wildman–Crippen MR) is 93.2 cm³/mol. The summed E-state index contributed by atoms with van der Waals surface area (Å²) in [6.45, 7) is 7.68. The summed E-state index contributed by atoms with van der Waals surface area (Å²) in [5.74, 6) is -0.264. The van der Waals surface area contributed by atoms with E-state index in [4.69, 9.17) is 4.74 Å². The van der Waals surface area contributed by atoms with E-state index in [1.807, 2.05) is 12.1 Å². The Morgan fingerprint density at radius 2 is 2.09 bits per heavy atom. The molecule has 0 radical (unpaired) electrons. The van der Waals surface area contributed by atoms with E-state index < -0.39 is 0 Å². The molecular formula is C17H26ClN3O2. The van der Waals surface area contributed by atoms with Crippen molar-refractivity contribution in [2.75, 3.05) is 46.4 Å². The summed E-state index contributed by atoms with van der Waals surface area (Å²) >= 11 is 0. The van der Waals surface area contributed by atoms with Gasteiger partial charge in [-0.2, -0.15) is 0 Å². The normalized spacial score (nSPS) is 22.6. The van der Waals surface area contributed by atoms with E-state index in [1.165, 1.54) is 19.1 Å². The second-order valence-corrected chi connectivity index (χ2v) is 6.15. The zero-order valence-electron chi connectivity index (χ0n) is 13.7. The molecule has 0 saturated carbocycles. The molecular weight excluding hydrogens is 314 g/mol. The van der Waals surface area contributed by atoms with Gasteiger partial charge >= 0.3 is 5.97 Å². The van der Waals surface area contributed by atoms with Crippen LogP contribution in [0.1, 0.15) is 22.3 Å². The first-order chi connectivity index (χ1) is 10.8. The SMILES string of the molecule is COC(=O)c1cccc(CN2CCN(C3CCNC3)CC2)c1.Cl. The lowest BCUT2D eigenvalue weighted by molar-refractivity contribution is 0.0600. The van der Waals surface area contributed by atoms with Crippen molar-refractivity contribution >= 4 is 18.4 Å². The zero-order chi connectivity index (χ0) is 15.4. The molecule has 1 atom stereocenters. The summed E-state index contributed by atoms with van der Waals surface area (Å²) in [6.07, 6.45) is 1.28. The van der Waals surface area contributed by atoms with Crippen molar-refractivity contribution in [3.63, 3.8) is 0 Å². The molecule has 1 aromatic rings. The Kier molecular flexibility index (Phi) is 6.84. The highest BCUT2D eigenvalue weighted by Crippen LogP contribution is 2.15. The van der Waals surface area contributed by atoms with Crippen molar-refractivity contribution < 1.29 is 9.53 Å². The van der Waals surface area contributed by atoms with Crippen molar-refractivity contribution in [2.45, 2.75) is 19.0 Å². The number of nitrogens with zero attached hydrogens (tertiary/aromatic N) is 2. The number of hydrogen-bond acceptors (Lipinski definition) is 5. The summed E-state index contributed by atoms with van der Waals surface area (Å²) in [7, 11) is 1.42. The van der Waals surface area contributed by atoms with Gasteiger partial charge in [-0.3, -0.25) is 9.80 Å². The lowest BCUT2D eigenvalue weighted by Crippen LogP contribution is -2.50. The smallest absolute Gasteiger partial charge is 0.337 e. The fourth-order valence-electron chi connectivity index (χ4n) is 3.41. The number of benzene rings is 1. The summed E-state index contributed by atoms with van der Waals surface area (Å²) in [4.78, 5) is 16.7. The summed E-state index contributed by atoms with van der Waals surface area (Å²) in [5.41, 5.74) is 1.81. The van der Waals surface area contributed by atoms with Crippen LogP contribution < -0.4 is 5.32 Å². The van der Waals surface area contributed by atoms with Crippen LogP contribution in [0, 0.1) is 0 Å². The van der Waals surface area contributed by atoms with Gasteiger partial charge in [-0.25, -0.2) is 4.79 Å². The van der Waals surface area contributed by atoms with Crippen LogP contribution in [-0.4, -0.2) is 68.2 Å². The van der Waals surface area contributed by atoms with Gasteiger partial charge in [0.15, 0.2) is 0 Å². The van der Waals surface area contributed by atoms with Gasteiger partial charge in [0.2, 0.25) is 0 Å². The van der Waals surface area contributed by atoms with E-state index >= 15 is 0 Å². The molecule has 0 bridgehead atoms. The third-order valence-electron chi connectivity index (χ3n) is 4.71. The van der Waals surface area contributed by atoms with Crippen LogP contribution in [0.25, 0.3) is 0 Å². The molecule has 1 N–H and O–H groups in total. The number of piperazine rings is 1. The molecule has 128 valence electrons. The van der Waals surface area contributed by atoms with Gasteiger partial charge in [0.1, 0.15) is 0 Å². The number of ether oxygens (including phenoxy) is 1. The van der Waals surface area contributed by atoms with Crippen LogP contribution in [-0.2, 0) is 11.3 Å². The van der Waals surface area contributed by atoms with Gasteiger partial charge in [0, 0.05) is 45.3 Å². The maximum Gasteiger partial charge on any atom is 0.337 e. The molecule has 2 aliphatic heterocycles. The molecule has 1 aromatic carbocycles. The Balaban J connectivity index is 0.00000192. The minimum Gasteiger partial charge on any atom is -0.465 e. The molecule has 6 heteroatoms. The highest BCUT2D eigenvalue weighted by molar-refractivity contribution is 5.89. The van der Waals surface area contributed by atoms with Crippen LogP contribution in [0.5, 0.6) is 0 Å². The predicted octanol–water partition coefficient (Wildman–Crippen LogP) is 1.37. The van der Waals surface area contributed by atoms with E-state index in [-0.39, 0.29) is 18.4 Å². The van der Waals surface area contributed by atoms with Crippen molar-refractivity contribution in [1.82, 2.24) is 15.1 Å². The maximum absolute atomic E-state index is 11.6. The fraction of sp³-hybridized carbons (Fsp3) is 0.588. The van der Waals surface area contributed by atoms with Gasteiger partial charge in [-0.15, -0.1) is 12.4 Å². The topological polar surface area (TPSA) is 44.8 Å². The van der Waals surface area contributed by atoms with Gasteiger partial charge in [-0.05, 0) is 30.7 Å². The van der Waals surface area contributed by atoms with Crippen LogP contribution in [0.3, 0.4) is 0 Å². The van der Waals surface area contributed by atoms with Crippen molar-refractivity contribution in [1.29, 1.82) is 0 Å². The number of hydrogen-bond donors (Lipinski definition) is 1. The summed E-state index contributed by atoms with van der Waals surface area (Å²) < 4.78 is 4.79. The average Bonchev–Trinajstić information content (AvgIpc) is 3.09. The van der Waals surface area contributed by atoms with Gasteiger partial charge < -0.3 is 10.1 Å². The largest absolute Gasteiger partial charge is 0.465 e. The lowest BCUT2D eigenvalue weighted by atomic mass is 10.1. The highest BCUT2D eigenvalue weighted by Gasteiger charge is 2.25. The molecule has 3 rings (SSSR count). The Morgan fingerprint density at radius 3 is 2.74 bits per heavy atom. The quantitative estimate of drug-likeness (QED) is 0.840. The van der Waals surface area contributed by atoms with Crippen LogP contribution in [0.2, 0.25) is 0 Å². The van der Waals surface area contributed by atoms with E-state index in [2.05, 4.69) is 21.2 Å². The van der Waals surface area contributed by atoms with Crippen molar-refractivity contribution in [2.24, 2.45) is 0 Å². The van der Waals surface area contributed by atoms with Gasteiger partial charge in [0.25, 0.3) is 0 Å². The number of nitrogens with one attached hydrogen (secondary N) is 1. The number of esters is 1. The van der Waals surface area contributed by atoms with Crippen molar-refractivity contribution in [3.8, 4) is 0 Å². The molecule has 0 spiro atoms. The first-order valence-corrected chi connectivity index (χ1v) is 8.10. The third kappa shape index (κ3) is 4.67. The molecule has 2 heterocycles. The Labute approximate surface area is 144 Å². The third-order valence-corrected chi connectivity index (χ3v) is 4.71. The van der Waals surface area contributed by atoms with Crippen LogP contribution in [0.4, 0.5) is 0 Å². The molecule has 1 unspecified atom stereocenters. The lowest BCUT2D eigenvalue weighted by Gasteiger charge is -2.37. The standard InChI is InChI=1S/C17H25N3O2.ClH/c1-22-17(21)15-4-2-3-14(11-15)13-19-7-9-20(10-8-19)16-5-6-18-12-16;/h2-4,11,16,18H,5-10,12-13H2,1H3;1H. The number of methoxy groups -OCH3 is 1. The van der Waals surface area contributed by atoms with Crippen molar-refractivity contribution in [3.05, 3.63) is 35.4 Å². The summed E-state index contributed by atoms with van der Waals surface area (Å²) in [6, 6.07) is 8.49. The molecule has 2 aliphatic rings. The Bertz CT molecular complexity index is 512. The summed E-state index contributed by atoms with van der Waals surface area (Å²) in [5, 5.41) is 3.44. The number of halogens is 1. The van der Waals surface area contributed by atoms with Crippen LogP contribution >= 0.6 is 12.4 Å². The van der Waals surface area contributed by atoms with E-state index in [1.54, 1.807) is 6.07 Å². The first-order valence-electron chi connectivity index (χ1n) is 8.10. The Hall–Kier alpha value is -1.14. The number of carbonyl (C=O) groups is 1. The zero-order valence-corrected chi connectivity index (χ0v) is 14.5. The highest BCUT2D eigenvalue weighted by atomic mass is 35.5. The molecule has 23 heavy (non-hydrogen) atoms. The van der Waals surface area contributed by atoms with Gasteiger partial charge in [0.05, 0.1) is 12.7 Å². The first kappa shape index (κ1) is 18.2. The number of rotatable bonds is 4. The monoisotopic (exact) mass is 339 g/mol. The second-order valence-electron chi connectivity index (χ2n) is 6.15. The number of carbonyl (C=O) groups excluding carboxylic acids is 1.